The van der Waals surface area contributed by atoms with Crippen molar-refractivity contribution in [3.8, 4) is 5.75 Å². The number of rotatable bonds is 3. The lowest BCUT2D eigenvalue weighted by Gasteiger charge is -2.18. The number of benzene rings is 1. The van der Waals surface area contributed by atoms with Crippen LogP contribution in [0.15, 0.2) is 35.3 Å². The fourth-order valence-electron chi connectivity index (χ4n) is 2.68. The van der Waals surface area contributed by atoms with Gasteiger partial charge in [-0.05, 0) is 19.1 Å². The monoisotopic (exact) mass is 354 g/mol. The van der Waals surface area contributed by atoms with E-state index in [0.717, 1.165) is 0 Å². The summed E-state index contributed by atoms with van der Waals surface area (Å²) in [6, 6.07) is 9.00. The molecule has 3 rings (SSSR count). The van der Waals surface area contributed by atoms with Crippen molar-refractivity contribution in [3.05, 3.63) is 30.3 Å². The molecular formula is C15H18N2O4S2. The van der Waals surface area contributed by atoms with Crippen LogP contribution >= 0.6 is 11.8 Å². The number of sulfone groups is 1. The van der Waals surface area contributed by atoms with Crippen LogP contribution in [0.2, 0.25) is 0 Å². The van der Waals surface area contributed by atoms with Crippen LogP contribution in [0.3, 0.4) is 0 Å². The summed E-state index contributed by atoms with van der Waals surface area (Å²) in [4.78, 5) is 18.2. The molecule has 1 amide bonds. The second kappa shape index (κ2) is 6.16. The number of carbonyl (C=O) groups is 1. The Labute approximate surface area is 139 Å². The predicted molar refractivity (Wildman–Crippen MR) is 90.6 cm³/mol. The minimum absolute atomic E-state index is 0.0399. The molecule has 0 spiro atoms. The summed E-state index contributed by atoms with van der Waals surface area (Å²) in [5.74, 6) is 0.524. The molecule has 3 unspecified atom stereocenters. The first-order chi connectivity index (χ1) is 10.9. The van der Waals surface area contributed by atoms with E-state index < -0.39 is 15.9 Å². The fraction of sp³-hybridized carbons (Fsp3) is 0.467. The van der Waals surface area contributed by atoms with Crippen molar-refractivity contribution < 1.29 is 17.9 Å². The maximum absolute atomic E-state index is 12.2. The Kier molecular flexibility index (Phi) is 4.37. The number of nitrogens with zero attached hydrogens (tertiary/aromatic N) is 2. The van der Waals surface area contributed by atoms with Crippen LogP contribution in [0.25, 0.3) is 0 Å². The molecule has 3 atom stereocenters. The summed E-state index contributed by atoms with van der Waals surface area (Å²) < 4.78 is 28.9. The highest BCUT2D eigenvalue weighted by atomic mass is 32.2. The van der Waals surface area contributed by atoms with Crippen LogP contribution in [-0.4, -0.2) is 60.3 Å². The summed E-state index contributed by atoms with van der Waals surface area (Å²) in [6.45, 7) is 1.66. The summed E-state index contributed by atoms with van der Waals surface area (Å²) in [7, 11) is -1.19. The highest BCUT2D eigenvalue weighted by Crippen LogP contribution is 2.37. The van der Waals surface area contributed by atoms with E-state index in [9.17, 15) is 13.2 Å². The van der Waals surface area contributed by atoms with Gasteiger partial charge in [-0.2, -0.15) is 4.99 Å². The molecule has 0 bridgehead atoms. The van der Waals surface area contributed by atoms with Crippen molar-refractivity contribution in [2.24, 2.45) is 4.99 Å². The molecule has 1 aromatic rings. The van der Waals surface area contributed by atoms with Gasteiger partial charge in [0, 0.05) is 12.3 Å². The van der Waals surface area contributed by atoms with Gasteiger partial charge in [-0.1, -0.05) is 30.0 Å². The summed E-state index contributed by atoms with van der Waals surface area (Å²) in [6.07, 6.45) is -0.692. The van der Waals surface area contributed by atoms with Gasteiger partial charge in [-0.25, -0.2) is 8.42 Å². The number of ether oxygens (including phenoxy) is 1. The maximum Gasteiger partial charge on any atom is 0.288 e. The van der Waals surface area contributed by atoms with Crippen molar-refractivity contribution in [2.75, 3.05) is 18.6 Å². The summed E-state index contributed by atoms with van der Waals surface area (Å²) >= 11 is 1.36. The second-order valence-corrected chi connectivity index (χ2v) is 9.08. The van der Waals surface area contributed by atoms with Crippen molar-refractivity contribution >= 4 is 32.7 Å². The molecule has 2 saturated heterocycles. The van der Waals surface area contributed by atoms with Gasteiger partial charge in [-0.3, -0.25) is 4.79 Å². The minimum Gasteiger partial charge on any atom is -0.481 e. The third-order valence-electron chi connectivity index (χ3n) is 3.94. The van der Waals surface area contributed by atoms with Crippen LogP contribution in [0.5, 0.6) is 5.75 Å². The van der Waals surface area contributed by atoms with E-state index >= 15 is 0 Å². The van der Waals surface area contributed by atoms with Crippen molar-refractivity contribution in [2.45, 2.75) is 24.3 Å². The zero-order chi connectivity index (χ0) is 16.6. The lowest BCUT2D eigenvalue weighted by atomic mass is 10.2. The lowest BCUT2D eigenvalue weighted by Crippen LogP contribution is -2.34. The number of fused-ring (bicyclic) bond motifs is 1. The Bertz CT molecular complexity index is 733. The molecule has 2 aliphatic heterocycles. The molecule has 2 fully saturated rings. The highest BCUT2D eigenvalue weighted by Gasteiger charge is 2.47. The van der Waals surface area contributed by atoms with E-state index in [4.69, 9.17) is 4.74 Å². The van der Waals surface area contributed by atoms with Gasteiger partial charge in [-0.15, -0.1) is 0 Å². The Morgan fingerprint density at radius 3 is 2.70 bits per heavy atom. The molecule has 2 heterocycles. The van der Waals surface area contributed by atoms with E-state index in [1.165, 1.54) is 11.8 Å². The van der Waals surface area contributed by atoms with Gasteiger partial charge in [0.2, 0.25) is 0 Å². The molecule has 0 N–H and O–H groups in total. The van der Waals surface area contributed by atoms with Gasteiger partial charge in [0.05, 0.1) is 17.5 Å². The number of thioether (sulfide) groups is 1. The van der Waals surface area contributed by atoms with Crippen LogP contribution in [0.1, 0.15) is 6.92 Å². The van der Waals surface area contributed by atoms with Gasteiger partial charge in [0.15, 0.2) is 21.1 Å². The van der Waals surface area contributed by atoms with Crippen LogP contribution in [0, 0.1) is 0 Å². The number of hydrogen-bond acceptors (Lipinski definition) is 5. The smallest absolute Gasteiger partial charge is 0.288 e. The molecule has 6 nitrogen and oxygen atoms in total. The van der Waals surface area contributed by atoms with Crippen LogP contribution in [0.4, 0.5) is 0 Å². The zero-order valence-electron chi connectivity index (χ0n) is 12.9. The maximum atomic E-state index is 12.2. The van der Waals surface area contributed by atoms with Gasteiger partial charge < -0.3 is 9.64 Å². The van der Waals surface area contributed by atoms with E-state index in [1.54, 1.807) is 31.0 Å². The van der Waals surface area contributed by atoms with E-state index in [1.807, 2.05) is 18.2 Å². The number of amides is 1. The molecule has 23 heavy (non-hydrogen) atoms. The van der Waals surface area contributed by atoms with Gasteiger partial charge >= 0.3 is 0 Å². The molecule has 0 aliphatic carbocycles. The summed E-state index contributed by atoms with van der Waals surface area (Å²) in [5, 5.41) is 0.533. The van der Waals surface area contributed by atoms with E-state index in [2.05, 4.69) is 4.99 Å². The summed E-state index contributed by atoms with van der Waals surface area (Å²) in [5.41, 5.74) is 0. The number of carbonyl (C=O) groups excluding carboxylic acids is 1. The van der Waals surface area contributed by atoms with Gasteiger partial charge in [0.25, 0.3) is 5.91 Å². The topological polar surface area (TPSA) is 76.0 Å². The first-order valence-corrected chi connectivity index (χ1v) is 10.00. The van der Waals surface area contributed by atoms with Crippen LogP contribution < -0.4 is 4.74 Å². The first-order valence-electron chi connectivity index (χ1n) is 7.30. The van der Waals surface area contributed by atoms with Crippen molar-refractivity contribution in [1.29, 1.82) is 0 Å². The van der Waals surface area contributed by atoms with E-state index in [-0.39, 0.29) is 28.7 Å². The molecule has 8 heteroatoms. The Morgan fingerprint density at radius 2 is 2.04 bits per heavy atom. The normalized spacial score (nSPS) is 28.6. The third-order valence-corrected chi connectivity index (χ3v) is 7.24. The average molecular weight is 354 g/mol. The molecule has 0 aromatic heterocycles. The lowest BCUT2D eigenvalue weighted by molar-refractivity contribution is -0.123. The number of amidine groups is 1. The predicted octanol–water partition coefficient (Wildman–Crippen LogP) is 1.18. The molecule has 2 aliphatic rings. The van der Waals surface area contributed by atoms with E-state index in [0.29, 0.717) is 10.9 Å². The zero-order valence-corrected chi connectivity index (χ0v) is 14.5. The molecule has 1 aromatic carbocycles. The number of aliphatic imine (C=N–C) groups is 1. The Morgan fingerprint density at radius 1 is 1.35 bits per heavy atom. The highest BCUT2D eigenvalue weighted by molar-refractivity contribution is 8.15. The minimum atomic E-state index is -2.97. The van der Waals surface area contributed by atoms with Gasteiger partial charge in [0.1, 0.15) is 5.75 Å². The fourth-order valence-corrected chi connectivity index (χ4v) is 6.68. The molecule has 0 saturated carbocycles. The third kappa shape index (κ3) is 3.53. The standard InChI is InChI=1S/C15H18N2O4S2/c1-10(21-11-6-4-3-5-7-11)14(18)16-15-17(2)12-8-23(19,20)9-13(12)22-15/h3-7,10,12-13H,8-9H2,1-2H3. The quantitative estimate of drug-likeness (QED) is 0.811. The van der Waals surface area contributed by atoms with Crippen molar-refractivity contribution in [1.82, 2.24) is 4.90 Å². The number of para-hydroxylation sites is 1. The Hall–Kier alpha value is -1.54. The SMILES string of the molecule is CC(Oc1ccccc1)C(=O)N=C1SC2CS(=O)(=O)CC2N1C. The largest absolute Gasteiger partial charge is 0.481 e. The molecular weight excluding hydrogens is 336 g/mol. The van der Waals surface area contributed by atoms with Crippen LogP contribution in [-0.2, 0) is 14.6 Å². The van der Waals surface area contributed by atoms with Crippen molar-refractivity contribution in [3.63, 3.8) is 0 Å². The first kappa shape index (κ1) is 16.3. The number of hydrogen-bond donors (Lipinski definition) is 0. The average Bonchev–Trinajstić information content (AvgIpc) is 2.94. The second-order valence-electron chi connectivity index (χ2n) is 5.72. The Balaban J connectivity index is 1.67. The molecule has 124 valence electrons. The molecule has 0 radical (unpaired) electrons.